The summed E-state index contributed by atoms with van der Waals surface area (Å²) in [5, 5.41) is 0. The van der Waals surface area contributed by atoms with Gasteiger partial charge in [0.1, 0.15) is 6.61 Å². The van der Waals surface area contributed by atoms with Crippen molar-refractivity contribution in [3.8, 4) is 0 Å². The van der Waals surface area contributed by atoms with Crippen LogP contribution in [0.2, 0.25) is 0 Å². The molecule has 0 aliphatic heterocycles. The van der Waals surface area contributed by atoms with Crippen LogP contribution >= 0.6 is 0 Å². The maximum absolute atomic E-state index is 11.2. The number of hydrogen-bond acceptors (Lipinski definition) is 14. The second kappa shape index (κ2) is 36.7. The molecule has 0 aromatic rings. The van der Waals surface area contributed by atoms with Crippen molar-refractivity contribution in [2.45, 2.75) is 33.1 Å². The van der Waals surface area contributed by atoms with Crippen molar-refractivity contribution in [1.29, 1.82) is 0 Å². The van der Waals surface area contributed by atoms with Crippen LogP contribution in [-0.4, -0.2) is 157 Å². The summed E-state index contributed by atoms with van der Waals surface area (Å²) >= 11 is 0. The minimum Gasteiger partial charge on any atom is -0.466 e. The predicted octanol–water partition coefficient (Wildman–Crippen LogP) is 1.45. The third kappa shape index (κ3) is 36.6. The van der Waals surface area contributed by atoms with Crippen molar-refractivity contribution in [1.82, 2.24) is 0 Å². The molecule has 0 atom stereocenters. The standard InChI is InChI=1S/C29H56O14/c1-3-5-28(30)43-27-26-41-25-24-40-23-22-39-21-20-38-19-18-37-17-16-36-15-14-35-13-12-34-11-10-33-9-8-32-7-6-29(31)42-4-2/h3-27H2,1-2H3. The molecule has 0 aliphatic rings. The number of rotatable bonds is 36. The van der Waals surface area contributed by atoms with Gasteiger partial charge in [0.15, 0.2) is 0 Å². The quantitative estimate of drug-likeness (QED) is 0.0729. The van der Waals surface area contributed by atoms with Crippen molar-refractivity contribution in [2.75, 3.05) is 145 Å². The molecule has 0 aliphatic carbocycles. The van der Waals surface area contributed by atoms with Gasteiger partial charge in [-0.05, 0) is 13.3 Å². The predicted molar refractivity (Wildman–Crippen MR) is 155 cm³/mol. The van der Waals surface area contributed by atoms with E-state index >= 15 is 0 Å². The van der Waals surface area contributed by atoms with E-state index in [1.165, 1.54) is 0 Å². The first-order valence-corrected chi connectivity index (χ1v) is 15.3. The first kappa shape index (κ1) is 41.5. The maximum Gasteiger partial charge on any atom is 0.308 e. The van der Waals surface area contributed by atoms with Crippen molar-refractivity contribution in [3.05, 3.63) is 0 Å². The van der Waals surface area contributed by atoms with E-state index in [9.17, 15) is 9.59 Å². The fourth-order valence-corrected chi connectivity index (χ4v) is 2.96. The zero-order valence-electron chi connectivity index (χ0n) is 26.4. The average Bonchev–Trinajstić information content (AvgIpc) is 2.99. The van der Waals surface area contributed by atoms with E-state index in [4.69, 9.17) is 56.8 Å². The van der Waals surface area contributed by atoms with E-state index in [2.05, 4.69) is 0 Å². The maximum atomic E-state index is 11.2. The second-order valence-electron chi connectivity index (χ2n) is 8.65. The van der Waals surface area contributed by atoms with Crippen LogP contribution in [-0.2, 0) is 66.4 Å². The molecule has 0 rings (SSSR count). The lowest BCUT2D eigenvalue weighted by Crippen LogP contribution is -2.15. The normalized spacial score (nSPS) is 11.2. The van der Waals surface area contributed by atoms with Crippen molar-refractivity contribution >= 4 is 11.9 Å². The number of carbonyl (C=O) groups is 2. The van der Waals surface area contributed by atoms with Crippen LogP contribution in [0.1, 0.15) is 33.1 Å². The van der Waals surface area contributed by atoms with Gasteiger partial charge in [0.25, 0.3) is 0 Å². The van der Waals surface area contributed by atoms with Crippen molar-refractivity contribution < 1.29 is 66.4 Å². The summed E-state index contributed by atoms with van der Waals surface area (Å²) < 4.78 is 63.8. The number of ether oxygens (including phenoxy) is 12. The number of hydrogen-bond donors (Lipinski definition) is 0. The molecule has 0 aromatic carbocycles. The summed E-state index contributed by atoms with van der Waals surface area (Å²) in [5.41, 5.74) is 0. The van der Waals surface area contributed by atoms with Gasteiger partial charge in [-0.3, -0.25) is 9.59 Å². The van der Waals surface area contributed by atoms with Gasteiger partial charge in [0.05, 0.1) is 145 Å². The van der Waals surface area contributed by atoms with E-state index in [1.807, 2.05) is 6.92 Å². The number of carbonyl (C=O) groups excluding carboxylic acids is 2. The Labute approximate surface area is 257 Å². The molecule has 0 amide bonds. The van der Waals surface area contributed by atoms with Crippen LogP contribution in [0.15, 0.2) is 0 Å². The Morgan fingerprint density at radius 1 is 0.326 bits per heavy atom. The third-order valence-electron chi connectivity index (χ3n) is 5.05. The molecule has 14 nitrogen and oxygen atoms in total. The van der Waals surface area contributed by atoms with Crippen LogP contribution in [0.25, 0.3) is 0 Å². The second-order valence-corrected chi connectivity index (χ2v) is 8.65. The molecule has 0 unspecified atom stereocenters. The lowest BCUT2D eigenvalue weighted by molar-refractivity contribution is -0.146. The fourth-order valence-electron chi connectivity index (χ4n) is 2.96. The lowest BCUT2D eigenvalue weighted by atomic mass is 10.3. The van der Waals surface area contributed by atoms with Crippen LogP contribution < -0.4 is 0 Å². The van der Waals surface area contributed by atoms with E-state index in [1.54, 1.807) is 6.92 Å². The topological polar surface area (TPSA) is 145 Å². The van der Waals surface area contributed by atoms with E-state index in [-0.39, 0.29) is 25.0 Å². The molecule has 0 saturated carbocycles. The van der Waals surface area contributed by atoms with Gasteiger partial charge in [-0.1, -0.05) is 6.92 Å². The van der Waals surface area contributed by atoms with E-state index in [0.717, 1.165) is 6.42 Å². The smallest absolute Gasteiger partial charge is 0.308 e. The Morgan fingerprint density at radius 3 is 0.860 bits per heavy atom. The molecule has 0 saturated heterocycles. The highest BCUT2D eigenvalue weighted by atomic mass is 16.6. The minimum atomic E-state index is -0.253. The highest BCUT2D eigenvalue weighted by molar-refractivity contribution is 5.69. The molecule has 0 heterocycles. The first-order chi connectivity index (χ1) is 21.2. The van der Waals surface area contributed by atoms with Gasteiger partial charge >= 0.3 is 11.9 Å². The Kier molecular flexibility index (Phi) is 35.5. The molecule has 0 aromatic heterocycles. The van der Waals surface area contributed by atoms with Gasteiger partial charge in [-0.15, -0.1) is 0 Å². The molecular weight excluding hydrogens is 572 g/mol. The Balaban J connectivity index is 3.08. The Bertz CT molecular complexity index is 533. The van der Waals surface area contributed by atoms with Crippen molar-refractivity contribution in [2.24, 2.45) is 0 Å². The first-order valence-electron chi connectivity index (χ1n) is 15.3. The molecule has 43 heavy (non-hydrogen) atoms. The summed E-state index contributed by atoms with van der Waals surface area (Å²) in [6, 6.07) is 0. The SMILES string of the molecule is CCCC(=O)OCCOCCOCCOCCOCCOCCOCCOCCOCCOCCOCCC(=O)OCC. The molecule has 0 N–H and O–H groups in total. The van der Waals surface area contributed by atoms with Crippen LogP contribution in [0, 0.1) is 0 Å². The van der Waals surface area contributed by atoms with Crippen LogP contribution in [0.4, 0.5) is 0 Å². The van der Waals surface area contributed by atoms with Crippen LogP contribution in [0.3, 0.4) is 0 Å². The van der Waals surface area contributed by atoms with Crippen LogP contribution in [0.5, 0.6) is 0 Å². The summed E-state index contributed by atoms with van der Waals surface area (Å²) in [7, 11) is 0. The Hall–Kier alpha value is -1.46. The largest absolute Gasteiger partial charge is 0.466 e. The molecule has 0 fully saturated rings. The molecule has 256 valence electrons. The summed E-state index contributed by atoms with van der Waals surface area (Å²) in [6.07, 6.45) is 1.48. The average molecular weight is 629 g/mol. The molecule has 14 heteroatoms. The summed E-state index contributed by atoms with van der Waals surface area (Å²) in [6.45, 7) is 13.6. The monoisotopic (exact) mass is 628 g/mol. The molecule has 0 spiro atoms. The third-order valence-corrected chi connectivity index (χ3v) is 5.05. The van der Waals surface area contributed by atoms with Gasteiger partial charge in [-0.2, -0.15) is 0 Å². The molecular formula is C29H56O14. The zero-order valence-corrected chi connectivity index (χ0v) is 26.4. The van der Waals surface area contributed by atoms with Gasteiger partial charge in [-0.25, -0.2) is 0 Å². The number of esters is 2. The Morgan fingerprint density at radius 2 is 0.581 bits per heavy atom. The van der Waals surface area contributed by atoms with Crippen molar-refractivity contribution in [3.63, 3.8) is 0 Å². The highest BCUT2D eigenvalue weighted by Crippen LogP contribution is 1.92. The minimum absolute atomic E-state index is 0.191. The summed E-state index contributed by atoms with van der Waals surface area (Å²) in [5.74, 6) is -0.445. The molecule has 0 bridgehead atoms. The van der Waals surface area contributed by atoms with Gasteiger partial charge in [0, 0.05) is 6.42 Å². The van der Waals surface area contributed by atoms with Gasteiger partial charge < -0.3 is 56.8 Å². The van der Waals surface area contributed by atoms with Gasteiger partial charge in [0.2, 0.25) is 0 Å². The highest BCUT2D eigenvalue weighted by Gasteiger charge is 2.01. The van der Waals surface area contributed by atoms with E-state index < -0.39 is 0 Å². The lowest BCUT2D eigenvalue weighted by Gasteiger charge is -2.09. The fraction of sp³-hybridized carbons (Fsp3) is 0.931. The summed E-state index contributed by atoms with van der Waals surface area (Å²) in [4.78, 5) is 22.3. The molecule has 0 radical (unpaired) electrons. The van der Waals surface area contributed by atoms with E-state index in [0.29, 0.717) is 145 Å². The zero-order chi connectivity index (χ0) is 31.3.